The molecular formula is C22H19BrN4OS. The first-order chi connectivity index (χ1) is 14.2. The topological polar surface area (TPSA) is 51.9 Å². The molecule has 1 amide bonds. The van der Waals surface area contributed by atoms with Crippen molar-refractivity contribution in [2.45, 2.75) is 5.75 Å². The van der Waals surface area contributed by atoms with Crippen LogP contribution in [0.1, 0.15) is 5.56 Å². The van der Waals surface area contributed by atoms with Gasteiger partial charge < -0.3 is 9.88 Å². The van der Waals surface area contributed by atoms with Crippen LogP contribution in [0, 0.1) is 0 Å². The fourth-order valence-corrected chi connectivity index (χ4v) is 4.16. The largest absolute Gasteiger partial charge is 0.324 e. The van der Waals surface area contributed by atoms with E-state index < -0.39 is 0 Å². The van der Waals surface area contributed by atoms with Crippen molar-refractivity contribution in [2.75, 3.05) is 11.1 Å². The van der Waals surface area contributed by atoms with E-state index in [9.17, 15) is 4.79 Å². The molecule has 2 heterocycles. The van der Waals surface area contributed by atoms with Crippen molar-refractivity contribution < 1.29 is 4.79 Å². The number of hydrogen-bond acceptors (Lipinski definition) is 3. The number of nitrogens with one attached hydrogen (secondary N) is 1. The lowest BCUT2D eigenvalue weighted by Gasteiger charge is -2.11. The number of halogens is 1. The summed E-state index contributed by atoms with van der Waals surface area (Å²) in [6.45, 7) is 0. The normalized spacial score (nSPS) is 10.8. The van der Waals surface area contributed by atoms with E-state index in [1.807, 2.05) is 90.0 Å². The molecule has 29 heavy (non-hydrogen) atoms. The van der Waals surface area contributed by atoms with Crippen LogP contribution in [0.5, 0.6) is 0 Å². The average molecular weight is 467 g/mol. The fraction of sp³-hybridized carbons (Fsp3) is 0.0909. The van der Waals surface area contributed by atoms with Crippen LogP contribution in [-0.2, 0) is 10.5 Å². The molecule has 0 bridgehead atoms. The Morgan fingerprint density at radius 2 is 1.72 bits per heavy atom. The van der Waals surface area contributed by atoms with Crippen LogP contribution < -0.4 is 5.32 Å². The summed E-state index contributed by atoms with van der Waals surface area (Å²) in [4.78, 5) is 12.3. The minimum atomic E-state index is -0.0279. The third-order valence-corrected chi connectivity index (χ3v) is 5.98. The first-order valence-corrected chi connectivity index (χ1v) is 11.0. The van der Waals surface area contributed by atoms with Crippen molar-refractivity contribution in [3.05, 3.63) is 95.4 Å². The zero-order valence-corrected chi connectivity index (χ0v) is 17.9. The number of rotatable bonds is 7. The molecule has 2 aromatic heterocycles. The maximum atomic E-state index is 12.3. The Bertz CT molecular complexity index is 1090. The molecule has 4 aromatic rings. The first kappa shape index (κ1) is 19.5. The van der Waals surface area contributed by atoms with Gasteiger partial charge >= 0.3 is 0 Å². The summed E-state index contributed by atoms with van der Waals surface area (Å²) in [6, 6.07) is 21.6. The monoisotopic (exact) mass is 466 g/mol. The van der Waals surface area contributed by atoms with Gasteiger partial charge in [-0.2, -0.15) is 5.10 Å². The molecule has 0 aliphatic carbocycles. The van der Waals surface area contributed by atoms with Crippen LogP contribution in [0.25, 0.3) is 11.5 Å². The molecule has 0 radical (unpaired) electrons. The van der Waals surface area contributed by atoms with Crippen LogP contribution in [0.15, 0.2) is 89.8 Å². The second-order valence-corrected chi connectivity index (χ2v) is 8.19. The SMILES string of the molecule is O=C(CSCc1cnn(-c2ccccc2)c1-n1cccc1)Nc1ccccc1Br. The molecule has 1 N–H and O–H groups in total. The standard InChI is InChI=1S/C22H19BrN4OS/c23-19-10-4-5-11-20(19)25-21(28)16-29-15-17-14-24-27(18-8-2-1-3-9-18)22(17)26-12-6-7-13-26/h1-14H,15-16H2,(H,25,28). The van der Waals surface area contributed by atoms with Gasteiger partial charge in [-0.25, -0.2) is 4.68 Å². The molecular weight excluding hydrogens is 448 g/mol. The highest BCUT2D eigenvalue weighted by Crippen LogP contribution is 2.25. The highest BCUT2D eigenvalue weighted by Gasteiger charge is 2.14. The highest BCUT2D eigenvalue weighted by molar-refractivity contribution is 9.10. The summed E-state index contributed by atoms with van der Waals surface area (Å²) in [6.07, 6.45) is 5.88. The number of aromatic nitrogens is 3. The lowest BCUT2D eigenvalue weighted by molar-refractivity contribution is -0.113. The second-order valence-electron chi connectivity index (χ2n) is 6.35. The Kier molecular flexibility index (Phi) is 6.17. The molecule has 7 heteroatoms. The molecule has 5 nitrogen and oxygen atoms in total. The van der Waals surface area contributed by atoms with E-state index in [1.54, 1.807) is 11.8 Å². The van der Waals surface area contributed by atoms with Gasteiger partial charge in [0.1, 0.15) is 5.82 Å². The Balaban J connectivity index is 1.47. The Morgan fingerprint density at radius 3 is 2.48 bits per heavy atom. The molecule has 0 unspecified atom stereocenters. The first-order valence-electron chi connectivity index (χ1n) is 9.10. The maximum Gasteiger partial charge on any atom is 0.234 e. The summed E-state index contributed by atoms with van der Waals surface area (Å²) >= 11 is 5.02. The van der Waals surface area contributed by atoms with Gasteiger partial charge in [0, 0.05) is 28.2 Å². The summed E-state index contributed by atoms with van der Waals surface area (Å²) in [5, 5.41) is 7.53. The quantitative estimate of drug-likeness (QED) is 0.402. The summed E-state index contributed by atoms with van der Waals surface area (Å²) < 4.78 is 4.85. The lowest BCUT2D eigenvalue weighted by atomic mass is 10.3. The number of nitrogens with zero attached hydrogens (tertiary/aromatic N) is 3. The number of carbonyl (C=O) groups excluding carboxylic acids is 1. The van der Waals surface area contributed by atoms with E-state index in [0.717, 1.165) is 27.2 Å². The summed E-state index contributed by atoms with van der Waals surface area (Å²) in [5.74, 6) is 2.01. The molecule has 0 aliphatic heterocycles. The number of thioether (sulfide) groups is 1. The van der Waals surface area contributed by atoms with Crippen molar-refractivity contribution in [3.63, 3.8) is 0 Å². The minimum Gasteiger partial charge on any atom is -0.324 e. The average Bonchev–Trinajstić information content (AvgIpc) is 3.40. The number of para-hydroxylation sites is 2. The van der Waals surface area contributed by atoms with Gasteiger partial charge in [-0.15, -0.1) is 11.8 Å². The van der Waals surface area contributed by atoms with E-state index in [2.05, 4.69) is 30.9 Å². The number of anilines is 1. The van der Waals surface area contributed by atoms with Crippen molar-refractivity contribution in [3.8, 4) is 11.5 Å². The van der Waals surface area contributed by atoms with Gasteiger partial charge in [0.05, 0.1) is 23.3 Å². The predicted octanol–water partition coefficient (Wildman–Crippen LogP) is 5.30. The van der Waals surface area contributed by atoms with E-state index in [-0.39, 0.29) is 5.91 Å². The van der Waals surface area contributed by atoms with Crippen LogP contribution in [-0.4, -0.2) is 26.0 Å². The van der Waals surface area contributed by atoms with Gasteiger partial charge in [0.2, 0.25) is 5.91 Å². The van der Waals surface area contributed by atoms with Crippen LogP contribution in [0.3, 0.4) is 0 Å². The van der Waals surface area contributed by atoms with Gasteiger partial charge in [-0.3, -0.25) is 4.79 Å². The van der Waals surface area contributed by atoms with E-state index in [1.165, 1.54) is 0 Å². The number of benzene rings is 2. The van der Waals surface area contributed by atoms with E-state index >= 15 is 0 Å². The molecule has 0 aliphatic rings. The number of amides is 1. The van der Waals surface area contributed by atoms with Crippen molar-refractivity contribution in [1.29, 1.82) is 0 Å². The van der Waals surface area contributed by atoms with E-state index in [4.69, 9.17) is 0 Å². The number of hydrogen-bond donors (Lipinski definition) is 1. The lowest BCUT2D eigenvalue weighted by Crippen LogP contribution is -2.14. The molecule has 4 rings (SSSR count). The second kappa shape index (κ2) is 9.15. The van der Waals surface area contributed by atoms with Crippen molar-refractivity contribution in [2.24, 2.45) is 0 Å². The van der Waals surface area contributed by atoms with Gasteiger partial charge in [-0.1, -0.05) is 30.3 Å². The predicted molar refractivity (Wildman–Crippen MR) is 122 cm³/mol. The summed E-state index contributed by atoms with van der Waals surface area (Å²) in [7, 11) is 0. The Labute approximate surface area is 181 Å². The molecule has 146 valence electrons. The van der Waals surface area contributed by atoms with Gasteiger partial charge in [0.15, 0.2) is 0 Å². The fourth-order valence-electron chi connectivity index (χ4n) is 2.99. The smallest absolute Gasteiger partial charge is 0.234 e. The van der Waals surface area contributed by atoms with Gasteiger partial charge in [0.25, 0.3) is 0 Å². The van der Waals surface area contributed by atoms with Crippen molar-refractivity contribution >= 4 is 39.3 Å². The molecule has 0 saturated heterocycles. The molecule has 0 atom stereocenters. The zero-order valence-electron chi connectivity index (χ0n) is 15.5. The van der Waals surface area contributed by atoms with E-state index in [0.29, 0.717) is 11.5 Å². The summed E-state index contributed by atoms with van der Waals surface area (Å²) in [5.41, 5.74) is 2.85. The molecule has 2 aromatic carbocycles. The third kappa shape index (κ3) is 4.63. The zero-order chi connectivity index (χ0) is 20.1. The van der Waals surface area contributed by atoms with Gasteiger partial charge in [-0.05, 0) is 52.3 Å². The van der Waals surface area contributed by atoms with Crippen molar-refractivity contribution in [1.82, 2.24) is 14.3 Å². The minimum absolute atomic E-state index is 0.0279. The third-order valence-electron chi connectivity index (χ3n) is 4.31. The van der Waals surface area contributed by atoms with Crippen LogP contribution in [0.2, 0.25) is 0 Å². The van der Waals surface area contributed by atoms with Crippen LogP contribution >= 0.6 is 27.7 Å². The maximum absolute atomic E-state index is 12.3. The molecule has 0 saturated carbocycles. The highest BCUT2D eigenvalue weighted by atomic mass is 79.9. The molecule has 0 spiro atoms. The van der Waals surface area contributed by atoms with Crippen LogP contribution in [0.4, 0.5) is 5.69 Å². The Hall–Kier alpha value is -2.77. The Morgan fingerprint density at radius 1 is 1.00 bits per heavy atom. The number of carbonyl (C=O) groups is 1. The molecule has 0 fully saturated rings.